The summed E-state index contributed by atoms with van der Waals surface area (Å²) in [5.41, 5.74) is 3.68. The van der Waals surface area contributed by atoms with Crippen LogP contribution >= 0.6 is 0 Å². The molecule has 1 spiro atoms. The molecule has 184 valence electrons. The van der Waals surface area contributed by atoms with Gasteiger partial charge in [-0.2, -0.15) is 0 Å². The Morgan fingerprint density at radius 3 is 2.69 bits per heavy atom. The average Bonchev–Trinajstić information content (AvgIpc) is 3.16. The Kier molecular flexibility index (Phi) is 5.45. The molecule has 2 saturated carbocycles. The van der Waals surface area contributed by atoms with Gasteiger partial charge in [-0.25, -0.2) is 18.4 Å². The number of fused-ring (bicyclic) bond motifs is 1. The topological polar surface area (TPSA) is 114 Å². The molecule has 0 unspecified atom stereocenters. The standard InChI is InChI=1S/C26H30N4O4S/c1-2-3-16-4-5-22-21(8-16)30-25(34-22)18-10-26(11-18)12-19(13-26)29-24(31)17-6-7-28-23(9-17)35(32,33)20-14-27-15-20/h4-9,18-20,27H,2-3,10-15H2,1H3,(H,29,31). The zero-order valence-electron chi connectivity index (χ0n) is 19.8. The Balaban J connectivity index is 1.04. The maximum atomic E-state index is 12.8. The van der Waals surface area contributed by atoms with E-state index in [-0.39, 0.29) is 22.4 Å². The number of hydrogen-bond acceptors (Lipinski definition) is 7. The van der Waals surface area contributed by atoms with Gasteiger partial charge in [-0.3, -0.25) is 4.79 Å². The number of nitrogens with zero attached hydrogens (tertiary/aromatic N) is 2. The molecule has 9 heteroatoms. The molecule has 3 aliphatic rings. The molecule has 3 heterocycles. The molecule has 2 aliphatic carbocycles. The van der Waals surface area contributed by atoms with Crippen LogP contribution in [0.4, 0.5) is 0 Å². The molecule has 1 aromatic carbocycles. The smallest absolute Gasteiger partial charge is 0.251 e. The highest BCUT2D eigenvalue weighted by molar-refractivity contribution is 7.92. The van der Waals surface area contributed by atoms with Crippen molar-refractivity contribution in [2.24, 2.45) is 5.41 Å². The van der Waals surface area contributed by atoms with Crippen LogP contribution < -0.4 is 10.6 Å². The Hall–Kier alpha value is -2.78. The zero-order chi connectivity index (χ0) is 24.2. The van der Waals surface area contributed by atoms with E-state index in [1.165, 1.54) is 17.8 Å². The Morgan fingerprint density at radius 2 is 1.97 bits per heavy atom. The third-order valence-electron chi connectivity index (χ3n) is 7.88. The van der Waals surface area contributed by atoms with Crippen molar-refractivity contribution in [2.45, 2.75) is 67.7 Å². The minimum atomic E-state index is -3.51. The lowest BCUT2D eigenvalue weighted by Gasteiger charge is -2.57. The first-order valence-electron chi connectivity index (χ1n) is 12.5. The van der Waals surface area contributed by atoms with Crippen molar-refractivity contribution < 1.29 is 17.6 Å². The van der Waals surface area contributed by atoms with E-state index >= 15 is 0 Å². The molecular formula is C26H30N4O4S. The number of aryl methyl sites for hydroxylation is 1. The van der Waals surface area contributed by atoms with E-state index in [2.05, 4.69) is 34.7 Å². The van der Waals surface area contributed by atoms with Crippen LogP contribution in [0, 0.1) is 5.41 Å². The quantitative estimate of drug-likeness (QED) is 0.518. The predicted octanol–water partition coefficient (Wildman–Crippen LogP) is 3.38. The maximum absolute atomic E-state index is 12.8. The minimum absolute atomic E-state index is 0.0243. The van der Waals surface area contributed by atoms with E-state index in [0.717, 1.165) is 55.5 Å². The molecule has 3 aromatic rings. The lowest BCUT2D eigenvalue weighted by Crippen LogP contribution is -2.55. The van der Waals surface area contributed by atoms with Crippen LogP contribution in [0.5, 0.6) is 0 Å². The summed E-state index contributed by atoms with van der Waals surface area (Å²) in [6.45, 7) is 3.03. The van der Waals surface area contributed by atoms with Crippen LogP contribution in [0.15, 0.2) is 46.0 Å². The molecule has 2 N–H and O–H groups in total. The summed E-state index contributed by atoms with van der Waals surface area (Å²) in [6.07, 6.45) is 7.48. The summed E-state index contributed by atoms with van der Waals surface area (Å²) in [5.74, 6) is 0.926. The summed E-state index contributed by atoms with van der Waals surface area (Å²) >= 11 is 0. The Morgan fingerprint density at radius 1 is 1.17 bits per heavy atom. The zero-order valence-corrected chi connectivity index (χ0v) is 20.6. The number of rotatable bonds is 7. The SMILES string of the molecule is CCCc1ccc2oc(C3CC4(CC(NC(=O)c5ccnc(S(=O)(=O)C6CNC6)c5)C4)C3)nc2c1. The highest BCUT2D eigenvalue weighted by Crippen LogP contribution is 2.61. The molecule has 0 atom stereocenters. The fourth-order valence-electron chi connectivity index (χ4n) is 5.82. The number of amides is 1. The first-order valence-corrected chi connectivity index (χ1v) is 14.0. The molecule has 0 radical (unpaired) electrons. The van der Waals surface area contributed by atoms with E-state index in [1.54, 1.807) is 6.07 Å². The van der Waals surface area contributed by atoms with Gasteiger partial charge >= 0.3 is 0 Å². The van der Waals surface area contributed by atoms with Crippen molar-refractivity contribution in [2.75, 3.05) is 13.1 Å². The average molecular weight is 495 g/mol. The normalized spacial score (nSPS) is 26.2. The summed E-state index contributed by atoms with van der Waals surface area (Å²) in [5, 5.41) is 5.55. The lowest BCUT2D eigenvalue weighted by molar-refractivity contribution is -0.0253. The van der Waals surface area contributed by atoms with Gasteiger partial charge in [0.2, 0.25) is 9.84 Å². The first-order chi connectivity index (χ1) is 16.8. The molecule has 0 bridgehead atoms. The third-order valence-corrected chi connectivity index (χ3v) is 9.90. The van der Waals surface area contributed by atoms with Gasteiger partial charge in [-0.15, -0.1) is 0 Å². The van der Waals surface area contributed by atoms with Gasteiger partial charge in [0.25, 0.3) is 5.91 Å². The predicted molar refractivity (Wildman–Crippen MR) is 131 cm³/mol. The second-order valence-corrected chi connectivity index (χ2v) is 12.7. The van der Waals surface area contributed by atoms with Crippen LogP contribution in [0.25, 0.3) is 11.1 Å². The fourth-order valence-corrected chi connectivity index (χ4v) is 7.33. The highest BCUT2D eigenvalue weighted by atomic mass is 32.2. The molecule has 1 amide bonds. The van der Waals surface area contributed by atoms with Gasteiger partial charge < -0.3 is 15.1 Å². The summed E-state index contributed by atoms with van der Waals surface area (Å²) in [7, 11) is -3.51. The van der Waals surface area contributed by atoms with Crippen LogP contribution in [-0.4, -0.2) is 48.7 Å². The van der Waals surface area contributed by atoms with Crippen LogP contribution in [0.2, 0.25) is 0 Å². The van der Waals surface area contributed by atoms with E-state index in [9.17, 15) is 13.2 Å². The van der Waals surface area contributed by atoms with Crippen LogP contribution in [0.3, 0.4) is 0 Å². The monoisotopic (exact) mass is 494 g/mol. The van der Waals surface area contributed by atoms with Crippen molar-refractivity contribution in [3.8, 4) is 0 Å². The van der Waals surface area contributed by atoms with Gasteiger partial charge in [-0.1, -0.05) is 19.4 Å². The number of sulfone groups is 1. The Labute approximate surface area is 204 Å². The molecule has 6 rings (SSSR count). The summed E-state index contributed by atoms with van der Waals surface area (Å²) < 4.78 is 31.3. The number of aromatic nitrogens is 2. The van der Waals surface area contributed by atoms with Crippen LogP contribution in [0.1, 0.15) is 66.8 Å². The first kappa shape index (κ1) is 22.7. The van der Waals surface area contributed by atoms with Crippen molar-refractivity contribution in [3.63, 3.8) is 0 Å². The molecule has 3 fully saturated rings. The number of nitrogens with one attached hydrogen (secondary N) is 2. The second-order valence-electron chi connectivity index (χ2n) is 10.5. The maximum Gasteiger partial charge on any atom is 0.251 e. The summed E-state index contributed by atoms with van der Waals surface area (Å²) in [4.78, 5) is 21.6. The van der Waals surface area contributed by atoms with Gasteiger partial charge in [0.15, 0.2) is 16.5 Å². The molecule has 2 aromatic heterocycles. The number of carbonyl (C=O) groups is 1. The molecule has 1 saturated heterocycles. The number of benzene rings is 1. The van der Waals surface area contributed by atoms with E-state index in [1.807, 2.05) is 6.07 Å². The third kappa shape index (κ3) is 4.04. The van der Waals surface area contributed by atoms with E-state index in [4.69, 9.17) is 9.40 Å². The van der Waals surface area contributed by atoms with Gasteiger partial charge in [-0.05, 0) is 67.3 Å². The van der Waals surface area contributed by atoms with Crippen molar-refractivity contribution in [3.05, 3.63) is 53.5 Å². The Bertz CT molecular complexity index is 1380. The fraction of sp³-hybridized carbons (Fsp3) is 0.500. The minimum Gasteiger partial charge on any atom is -0.440 e. The van der Waals surface area contributed by atoms with Crippen molar-refractivity contribution in [1.29, 1.82) is 0 Å². The number of carbonyl (C=O) groups excluding carboxylic acids is 1. The van der Waals surface area contributed by atoms with E-state index < -0.39 is 15.1 Å². The van der Waals surface area contributed by atoms with Crippen molar-refractivity contribution >= 4 is 26.8 Å². The highest BCUT2D eigenvalue weighted by Gasteiger charge is 2.54. The largest absolute Gasteiger partial charge is 0.440 e. The second kappa shape index (κ2) is 8.41. The number of pyridine rings is 1. The van der Waals surface area contributed by atoms with Gasteiger partial charge in [0.05, 0.1) is 5.25 Å². The van der Waals surface area contributed by atoms with Crippen molar-refractivity contribution in [1.82, 2.24) is 20.6 Å². The number of hydrogen-bond donors (Lipinski definition) is 2. The molecule has 35 heavy (non-hydrogen) atoms. The molecule has 8 nitrogen and oxygen atoms in total. The molecular weight excluding hydrogens is 464 g/mol. The summed E-state index contributed by atoms with van der Waals surface area (Å²) in [6, 6.07) is 9.35. The van der Waals surface area contributed by atoms with Gasteiger partial charge in [0.1, 0.15) is 5.52 Å². The van der Waals surface area contributed by atoms with Crippen LogP contribution in [-0.2, 0) is 16.3 Å². The lowest BCUT2D eigenvalue weighted by atomic mass is 9.50. The number of oxazole rings is 1. The van der Waals surface area contributed by atoms with E-state index in [0.29, 0.717) is 24.6 Å². The van der Waals surface area contributed by atoms with Gasteiger partial charge in [0, 0.05) is 36.8 Å². The molecule has 1 aliphatic heterocycles.